The summed E-state index contributed by atoms with van der Waals surface area (Å²) in [5, 5.41) is 11.9. The molecule has 0 spiro atoms. The first-order valence-electron chi connectivity index (χ1n) is 6.16. The SMILES string of the molecule is Cc1cc(C)c(NC(=O)c2ccc(Br)cn2)c(C(=O)O)c1. The van der Waals surface area contributed by atoms with E-state index in [-0.39, 0.29) is 11.3 Å². The molecule has 5 nitrogen and oxygen atoms in total. The molecule has 1 aromatic heterocycles. The quantitative estimate of drug-likeness (QED) is 0.890. The lowest BCUT2D eigenvalue weighted by atomic mass is 10.0. The molecule has 6 heteroatoms. The normalized spacial score (nSPS) is 10.2. The highest BCUT2D eigenvalue weighted by molar-refractivity contribution is 9.10. The number of amides is 1. The summed E-state index contributed by atoms with van der Waals surface area (Å²) in [6, 6.07) is 6.60. The van der Waals surface area contributed by atoms with Gasteiger partial charge in [0.1, 0.15) is 5.69 Å². The number of nitrogens with one attached hydrogen (secondary N) is 1. The van der Waals surface area contributed by atoms with E-state index in [0.717, 1.165) is 10.0 Å². The molecular weight excluding hydrogens is 336 g/mol. The second kappa shape index (κ2) is 6.05. The van der Waals surface area contributed by atoms with Gasteiger partial charge in [0, 0.05) is 10.7 Å². The number of anilines is 1. The van der Waals surface area contributed by atoms with Crippen molar-refractivity contribution in [2.45, 2.75) is 13.8 Å². The molecule has 0 aliphatic rings. The minimum absolute atomic E-state index is 0.0676. The number of pyridine rings is 1. The van der Waals surface area contributed by atoms with Crippen molar-refractivity contribution in [3.8, 4) is 0 Å². The van der Waals surface area contributed by atoms with Crippen molar-refractivity contribution in [2.75, 3.05) is 5.32 Å². The fourth-order valence-corrected chi connectivity index (χ4v) is 2.22. The minimum Gasteiger partial charge on any atom is -0.478 e. The number of benzene rings is 1. The molecule has 0 aliphatic carbocycles. The summed E-state index contributed by atoms with van der Waals surface area (Å²) < 4.78 is 0.761. The highest BCUT2D eigenvalue weighted by Crippen LogP contribution is 2.23. The zero-order chi connectivity index (χ0) is 15.6. The molecule has 0 bridgehead atoms. The van der Waals surface area contributed by atoms with E-state index in [2.05, 4.69) is 26.2 Å². The molecule has 0 atom stereocenters. The van der Waals surface area contributed by atoms with Gasteiger partial charge in [-0.3, -0.25) is 4.79 Å². The molecule has 1 heterocycles. The molecule has 1 aromatic carbocycles. The van der Waals surface area contributed by atoms with E-state index in [0.29, 0.717) is 11.3 Å². The van der Waals surface area contributed by atoms with Crippen LogP contribution < -0.4 is 5.32 Å². The number of aromatic carboxylic acids is 1. The van der Waals surface area contributed by atoms with Crippen molar-refractivity contribution in [1.29, 1.82) is 0 Å². The Hall–Kier alpha value is -2.21. The average Bonchev–Trinajstić information content (AvgIpc) is 2.41. The summed E-state index contributed by atoms with van der Waals surface area (Å²) in [5.41, 5.74) is 2.10. The van der Waals surface area contributed by atoms with E-state index in [1.807, 2.05) is 6.07 Å². The molecule has 108 valence electrons. The Morgan fingerprint density at radius 2 is 1.95 bits per heavy atom. The molecule has 0 unspecified atom stereocenters. The monoisotopic (exact) mass is 348 g/mol. The number of aryl methyl sites for hydroxylation is 2. The highest BCUT2D eigenvalue weighted by Gasteiger charge is 2.17. The number of carboxylic acids is 1. The van der Waals surface area contributed by atoms with Crippen molar-refractivity contribution < 1.29 is 14.7 Å². The van der Waals surface area contributed by atoms with Gasteiger partial charge < -0.3 is 10.4 Å². The molecule has 2 aromatic rings. The van der Waals surface area contributed by atoms with E-state index in [9.17, 15) is 14.7 Å². The Labute approximate surface area is 130 Å². The number of rotatable bonds is 3. The summed E-state index contributed by atoms with van der Waals surface area (Å²) >= 11 is 3.24. The van der Waals surface area contributed by atoms with Crippen LogP contribution >= 0.6 is 15.9 Å². The lowest BCUT2D eigenvalue weighted by Crippen LogP contribution is -2.17. The van der Waals surface area contributed by atoms with Gasteiger partial charge in [0.2, 0.25) is 0 Å². The van der Waals surface area contributed by atoms with Crippen molar-refractivity contribution in [1.82, 2.24) is 4.98 Å². The van der Waals surface area contributed by atoms with Crippen LogP contribution in [0.4, 0.5) is 5.69 Å². The fourth-order valence-electron chi connectivity index (χ4n) is 1.99. The molecule has 2 rings (SSSR count). The second-order valence-corrected chi connectivity index (χ2v) is 5.54. The maximum absolute atomic E-state index is 12.2. The zero-order valence-electron chi connectivity index (χ0n) is 11.5. The number of halogens is 1. The first-order valence-corrected chi connectivity index (χ1v) is 6.95. The molecule has 0 saturated heterocycles. The predicted octanol–water partition coefficient (Wildman–Crippen LogP) is 3.41. The Morgan fingerprint density at radius 3 is 2.52 bits per heavy atom. The van der Waals surface area contributed by atoms with Gasteiger partial charge in [-0.2, -0.15) is 0 Å². The van der Waals surface area contributed by atoms with Crippen molar-refractivity contribution in [2.24, 2.45) is 0 Å². The number of carboxylic acid groups (broad SMARTS) is 1. The summed E-state index contributed by atoms with van der Waals surface area (Å²) in [5.74, 6) is -1.53. The third-order valence-corrected chi connectivity index (χ3v) is 3.38. The highest BCUT2D eigenvalue weighted by atomic mass is 79.9. The Balaban J connectivity index is 2.37. The van der Waals surface area contributed by atoms with Crippen LogP contribution in [0.1, 0.15) is 32.0 Å². The van der Waals surface area contributed by atoms with Gasteiger partial charge in [0.05, 0.1) is 11.3 Å². The topological polar surface area (TPSA) is 79.3 Å². The number of nitrogens with zero attached hydrogens (tertiary/aromatic N) is 1. The molecule has 0 saturated carbocycles. The third-order valence-electron chi connectivity index (χ3n) is 2.91. The number of carbonyl (C=O) groups is 2. The van der Waals surface area contributed by atoms with Crippen LogP contribution in [0.25, 0.3) is 0 Å². The minimum atomic E-state index is -1.08. The smallest absolute Gasteiger partial charge is 0.337 e. The Morgan fingerprint density at radius 1 is 1.24 bits per heavy atom. The lowest BCUT2D eigenvalue weighted by Gasteiger charge is -2.12. The summed E-state index contributed by atoms with van der Waals surface area (Å²) in [6.45, 7) is 3.56. The maximum Gasteiger partial charge on any atom is 0.337 e. The van der Waals surface area contributed by atoms with Gasteiger partial charge >= 0.3 is 5.97 Å². The van der Waals surface area contributed by atoms with Crippen molar-refractivity contribution >= 4 is 33.5 Å². The predicted molar refractivity (Wildman–Crippen MR) is 82.8 cm³/mol. The number of aromatic nitrogens is 1. The number of hydrogen-bond acceptors (Lipinski definition) is 3. The van der Waals surface area contributed by atoms with E-state index in [1.54, 1.807) is 26.0 Å². The van der Waals surface area contributed by atoms with E-state index < -0.39 is 11.9 Å². The standard InChI is InChI=1S/C15H13BrN2O3/c1-8-5-9(2)13(11(6-8)15(20)21)18-14(19)12-4-3-10(16)7-17-12/h3-7H,1-2H3,(H,18,19)(H,20,21). The van der Waals surface area contributed by atoms with Gasteiger partial charge in [-0.25, -0.2) is 9.78 Å². The van der Waals surface area contributed by atoms with Gasteiger partial charge in [0.15, 0.2) is 0 Å². The van der Waals surface area contributed by atoms with Crippen LogP contribution in [0.5, 0.6) is 0 Å². The van der Waals surface area contributed by atoms with Gasteiger partial charge in [-0.1, -0.05) is 6.07 Å². The average molecular weight is 349 g/mol. The third kappa shape index (κ3) is 3.46. The molecule has 21 heavy (non-hydrogen) atoms. The van der Waals surface area contributed by atoms with Crippen LogP contribution in [0.3, 0.4) is 0 Å². The van der Waals surface area contributed by atoms with Gasteiger partial charge in [-0.05, 0) is 59.1 Å². The van der Waals surface area contributed by atoms with Crippen LogP contribution in [-0.4, -0.2) is 22.0 Å². The number of hydrogen-bond donors (Lipinski definition) is 2. The van der Waals surface area contributed by atoms with Crippen molar-refractivity contribution in [3.63, 3.8) is 0 Å². The second-order valence-electron chi connectivity index (χ2n) is 4.63. The summed E-state index contributed by atoms with van der Waals surface area (Å²) in [7, 11) is 0. The molecule has 0 radical (unpaired) electrons. The first-order chi connectivity index (χ1) is 9.88. The van der Waals surface area contributed by atoms with Gasteiger partial charge in [-0.15, -0.1) is 0 Å². The van der Waals surface area contributed by atoms with E-state index in [4.69, 9.17) is 0 Å². The first kappa shape index (κ1) is 15.2. The molecule has 0 aliphatic heterocycles. The van der Waals surface area contributed by atoms with Crippen LogP contribution in [0, 0.1) is 13.8 Å². The largest absolute Gasteiger partial charge is 0.478 e. The van der Waals surface area contributed by atoms with E-state index >= 15 is 0 Å². The van der Waals surface area contributed by atoms with Crippen LogP contribution in [0.2, 0.25) is 0 Å². The van der Waals surface area contributed by atoms with Crippen LogP contribution in [0.15, 0.2) is 34.9 Å². The van der Waals surface area contributed by atoms with Crippen molar-refractivity contribution in [3.05, 3.63) is 57.3 Å². The summed E-state index contributed by atoms with van der Waals surface area (Å²) in [4.78, 5) is 27.5. The molecular formula is C15H13BrN2O3. The number of carbonyl (C=O) groups excluding carboxylic acids is 1. The van der Waals surface area contributed by atoms with Crippen LogP contribution in [-0.2, 0) is 0 Å². The Bertz CT molecular complexity index is 712. The molecule has 0 fully saturated rings. The van der Waals surface area contributed by atoms with E-state index in [1.165, 1.54) is 12.3 Å². The zero-order valence-corrected chi connectivity index (χ0v) is 13.1. The fraction of sp³-hybridized carbons (Fsp3) is 0.133. The summed E-state index contributed by atoms with van der Waals surface area (Å²) in [6.07, 6.45) is 1.51. The van der Waals surface area contributed by atoms with Gasteiger partial charge in [0.25, 0.3) is 5.91 Å². The maximum atomic E-state index is 12.2. The lowest BCUT2D eigenvalue weighted by molar-refractivity contribution is 0.0698. The molecule has 1 amide bonds. The Kier molecular flexibility index (Phi) is 4.37. The molecule has 2 N–H and O–H groups in total.